The van der Waals surface area contributed by atoms with Crippen molar-refractivity contribution >= 4 is 22.4 Å². The Bertz CT molecular complexity index is 421. The van der Waals surface area contributed by atoms with E-state index in [1.165, 1.54) is 0 Å². The van der Waals surface area contributed by atoms with Crippen LogP contribution in [0.1, 0.15) is 31.9 Å². The van der Waals surface area contributed by atoms with E-state index in [4.69, 9.17) is 11.6 Å². The lowest BCUT2D eigenvalue weighted by atomic mass is 10.0. The molecule has 0 amide bonds. The van der Waals surface area contributed by atoms with Crippen molar-refractivity contribution in [2.75, 3.05) is 6.54 Å². The van der Waals surface area contributed by atoms with Crippen molar-refractivity contribution in [1.29, 1.82) is 0 Å². The molecule has 1 heterocycles. The number of halogens is 1. The van der Waals surface area contributed by atoms with Crippen molar-refractivity contribution in [1.82, 2.24) is 5.32 Å². The first kappa shape index (κ1) is 12.1. The van der Waals surface area contributed by atoms with Crippen LogP contribution in [0.25, 0.3) is 0 Å². The van der Waals surface area contributed by atoms with Gasteiger partial charge in [-0.25, -0.2) is 0 Å². The van der Waals surface area contributed by atoms with Crippen LogP contribution < -0.4 is 5.32 Å². The summed E-state index contributed by atoms with van der Waals surface area (Å²) >= 11 is 6.00. The maximum Gasteiger partial charge on any atom is 0.0562 e. The SMILES string of the molecule is CCNC1CC(C)S(=O)c2ccc(Cl)cc21. The van der Waals surface area contributed by atoms with Gasteiger partial charge in [-0.3, -0.25) is 4.21 Å². The summed E-state index contributed by atoms with van der Waals surface area (Å²) in [6.07, 6.45) is 0.911. The zero-order chi connectivity index (χ0) is 11.7. The second-order valence-corrected chi connectivity index (χ2v) is 6.41. The average Bonchev–Trinajstić information content (AvgIpc) is 2.26. The van der Waals surface area contributed by atoms with Crippen molar-refractivity contribution in [2.24, 2.45) is 0 Å². The summed E-state index contributed by atoms with van der Waals surface area (Å²) in [6.45, 7) is 5.04. The zero-order valence-corrected chi connectivity index (χ0v) is 11.1. The van der Waals surface area contributed by atoms with E-state index in [0.29, 0.717) is 5.02 Å². The van der Waals surface area contributed by atoms with Gasteiger partial charge in [-0.1, -0.05) is 25.4 Å². The van der Waals surface area contributed by atoms with Crippen molar-refractivity contribution in [3.8, 4) is 0 Å². The molecule has 2 nitrogen and oxygen atoms in total. The van der Waals surface area contributed by atoms with Gasteiger partial charge in [0.1, 0.15) is 0 Å². The van der Waals surface area contributed by atoms with E-state index < -0.39 is 10.8 Å². The molecule has 4 heteroatoms. The van der Waals surface area contributed by atoms with E-state index in [1.54, 1.807) is 0 Å². The van der Waals surface area contributed by atoms with Gasteiger partial charge in [0.05, 0.1) is 10.8 Å². The second-order valence-electron chi connectivity index (χ2n) is 4.14. The van der Waals surface area contributed by atoms with Crippen molar-refractivity contribution < 1.29 is 4.21 Å². The van der Waals surface area contributed by atoms with Crippen molar-refractivity contribution in [3.63, 3.8) is 0 Å². The Morgan fingerprint density at radius 1 is 1.56 bits per heavy atom. The minimum atomic E-state index is -0.891. The predicted octanol–water partition coefficient (Wildman–Crippen LogP) is 2.89. The summed E-state index contributed by atoms with van der Waals surface area (Å²) in [5.41, 5.74) is 1.10. The third kappa shape index (κ3) is 2.17. The van der Waals surface area contributed by atoms with E-state index in [2.05, 4.69) is 12.2 Å². The summed E-state index contributed by atoms with van der Waals surface area (Å²) in [4.78, 5) is 0.939. The number of hydrogen-bond acceptors (Lipinski definition) is 2. The van der Waals surface area contributed by atoms with Crippen LogP contribution in [0, 0.1) is 0 Å². The van der Waals surface area contributed by atoms with Crippen LogP contribution in [-0.4, -0.2) is 16.0 Å². The predicted molar refractivity (Wildman–Crippen MR) is 68.4 cm³/mol. The number of benzene rings is 1. The second kappa shape index (κ2) is 4.86. The highest BCUT2D eigenvalue weighted by Gasteiger charge is 2.29. The molecule has 1 aliphatic heterocycles. The molecular formula is C12H16ClNOS. The Balaban J connectivity index is 2.45. The molecule has 3 atom stereocenters. The van der Waals surface area contributed by atoms with E-state index in [9.17, 15) is 4.21 Å². The molecule has 0 bridgehead atoms. The van der Waals surface area contributed by atoms with Gasteiger partial charge < -0.3 is 5.32 Å². The molecule has 0 saturated carbocycles. The maximum atomic E-state index is 12.1. The van der Waals surface area contributed by atoms with Crippen LogP contribution in [0.2, 0.25) is 5.02 Å². The Morgan fingerprint density at radius 3 is 3.00 bits per heavy atom. The van der Waals surface area contributed by atoms with Gasteiger partial charge >= 0.3 is 0 Å². The van der Waals surface area contributed by atoms with Gasteiger partial charge in [0.2, 0.25) is 0 Å². The molecule has 3 unspecified atom stereocenters. The Kier molecular flexibility index (Phi) is 3.67. The fraction of sp³-hybridized carbons (Fsp3) is 0.500. The lowest BCUT2D eigenvalue weighted by molar-refractivity contribution is 0.491. The minimum absolute atomic E-state index is 0.206. The summed E-state index contributed by atoms with van der Waals surface area (Å²) < 4.78 is 12.1. The Hall–Kier alpha value is -0.380. The van der Waals surface area contributed by atoms with Crippen LogP contribution in [0.4, 0.5) is 0 Å². The largest absolute Gasteiger partial charge is 0.310 e. The number of hydrogen-bond donors (Lipinski definition) is 1. The van der Waals surface area contributed by atoms with Gasteiger partial charge in [-0.2, -0.15) is 0 Å². The van der Waals surface area contributed by atoms with Crippen molar-refractivity contribution in [3.05, 3.63) is 28.8 Å². The highest BCUT2D eigenvalue weighted by atomic mass is 35.5. The third-order valence-electron chi connectivity index (χ3n) is 2.95. The first-order valence-electron chi connectivity index (χ1n) is 5.57. The molecule has 1 aromatic carbocycles. The molecule has 0 spiro atoms. The normalized spacial score (nSPS) is 28.8. The molecule has 2 rings (SSSR count). The Labute approximate surface area is 104 Å². The molecule has 88 valence electrons. The van der Waals surface area contributed by atoms with E-state index in [1.807, 2.05) is 25.1 Å². The first-order valence-corrected chi connectivity index (χ1v) is 7.16. The highest BCUT2D eigenvalue weighted by Crippen LogP contribution is 2.35. The van der Waals surface area contributed by atoms with Crippen LogP contribution in [-0.2, 0) is 10.8 Å². The summed E-state index contributed by atoms with van der Waals surface area (Å²) in [7, 11) is -0.891. The van der Waals surface area contributed by atoms with Crippen LogP contribution in [0.5, 0.6) is 0 Å². The van der Waals surface area contributed by atoms with E-state index >= 15 is 0 Å². The summed E-state index contributed by atoms with van der Waals surface area (Å²) in [6, 6.07) is 5.94. The molecule has 0 aromatic heterocycles. The zero-order valence-electron chi connectivity index (χ0n) is 9.50. The molecule has 0 aliphatic carbocycles. The Morgan fingerprint density at radius 2 is 2.31 bits per heavy atom. The van der Waals surface area contributed by atoms with E-state index in [-0.39, 0.29) is 11.3 Å². The third-order valence-corrected chi connectivity index (χ3v) is 4.91. The molecule has 0 fully saturated rings. The fourth-order valence-corrected chi connectivity index (χ4v) is 3.79. The van der Waals surface area contributed by atoms with Gasteiger partial charge in [0.25, 0.3) is 0 Å². The van der Waals surface area contributed by atoms with Crippen LogP contribution >= 0.6 is 11.6 Å². The number of nitrogens with one attached hydrogen (secondary N) is 1. The molecule has 1 N–H and O–H groups in total. The number of fused-ring (bicyclic) bond motifs is 1. The lowest BCUT2D eigenvalue weighted by Crippen LogP contribution is -2.31. The monoisotopic (exact) mass is 257 g/mol. The highest BCUT2D eigenvalue weighted by molar-refractivity contribution is 7.85. The average molecular weight is 258 g/mol. The molecule has 0 radical (unpaired) electrons. The smallest absolute Gasteiger partial charge is 0.0562 e. The molecule has 1 aromatic rings. The van der Waals surface area contributed by atoms with Crippen LogP contribution in [0.3, 0.4) is 0 Å². The molecule has 1 aliphatic rings. The summed E-state index contributed by atoms with van der Waals surface area (Å²) in [5.74, 6) is 0. The molecule has 16 heavy (non-hydrogen) atoms. The van der Waals surface area contributed by atoms with Gasteiger partial charge in [0.15, 0.2) is 0 Å². The molecular weight excluding hydrogens is 242 g/mol. The van der Waals surface area contributed by atoms with Crippen molar-refractivity contribution in [2.45, 2.75) is 36.5 Å². The standard InChI is InChI=1S/C12H16ClNOS/c1-3-14-11-6-8(2)16(15)12-5-4-9(13)7-10(11)12/h4-5,7-8,11,14H,3,6H2,1-2H3. The minimum Gasteiger partial charge on any atom is -0.310 e. The summed E-state index contributed by atoms with van der Waals surface area (Å²) in [5, 5.41) is 4.35. The van der Waals surface area contributed by atoms with Gasteiger partial charge in [-0.15, -0.1) is 0 Å². The topological polar surface area (TPSA) is 29.1 Å². The van der Waals surface area contributed by atoms with Crippen LogP contribution in [0.15, 0.2) is 23.1 Å². The molecule has 0 saturated heterocycles. The maximum absolute atomic E-state index is 12.1. The first-order chi connectivity index (χ1) is 7.63. The quantitative estimate of drug-likeness (QED) is 0.883. The van der Waals surface area contributed by atoms with Gasteiger partial charge in [0, 0.05) is 21.2 Å². The van der Waals surface area contributed by atoms with E-state index in [0.717, 1.165) is 23.4 Å². The van der Waals surface area contributed by atoms with Gasteiger partial charge in [-0.05, 0) is 36.7 Å². The fourth-order valence-electron chi connectivity index (χ4n) is 2.18. The number of rotatable bonds is 2. The lowest BCUT2D eigenvalue weighted by Gasteiger charge is -2.29.